The molecule has 1 aliphatic heterocycles. The van der Waals surface area contributed by atoms with Crippen LogP contribution in [0.15, 0.2) is 66.4 Å². The Balaban J connectivity index is 1.74. The van der Waals surface area contributed by atoms with Gasteiger partial charge in [0.15, 0.2) is 0 Å². The number of pyridine rings is 1. The van der Waals surface area contributed by atoms with Crippen molar-refractivity contribution in [2.75, 3.05) is 12.0 Å². The Morgan fingerprint density at radius 3 is 2.53 bits per heavy atom. The topological polar surface area (TPSA) is 108 Å². The fraction of sp³-hybridized carbons (Fsp3) is 0.154. The lowest BCUT2D eigenvalue weighted by Crippen LogP contribution is -2.30. The molecule has 1 saturated heterocycles. The Bertz CT molecular complexity index is 1440. The number of hydrogen-bond donors (Lipinski definition) is 2. The molecule has 34 heavy (non-hydrogen) atoms. The van der Waals surface area contributed by atoms with E-state index >= 15 is 0 Å². The number of benzene rings is 2. The van der Waals surface area contributed by atoms with Crippen molar-refractivity contribution >= 4 is 34.4 Å². The second-order valence-electron chi connectivity index (χ2n) is 8.14. The van der Waals surface area contributed by atoms with Crippen molar-refractivity contribution in [3.05, 3.63) is 88.8 Å². The standard InChI is InChI=1S/C26H22N4O4/c1-14-13-20(34-3)15(2)12-16(14)23(31)21-22(19-10-6-7-11-27-19)30(25(33)24(21)32)26-28-17-8-4-5-9-18(17)29-26/h4-13,22,31H,1-3H3,(H,28,29)/b23-21+. The molecule has 8 heteroatoms. The van der Waals surface area contributed by atoms with E-state index in [1.165, 1.54) is 4.90 Å². The molecule has 1 amide bonds. The molecule has 2 N–H and O–H groups in total. The molecule has 0 radical (unpaired) electrons. The number of imidazole rings is 1. The zero-order valence-electron chi connectivity index (χ0n) is 18.9. The first-order valence-corrected chi connectivity index (χ1v) is 10.7. The zero-order valence-corrected chi connectivity index (χ0v) is 18.9. The van der Waals surface area contributed by atoms with Crippen molar-refractivity contribution in [3.63, 3.8) is 0 Å². The van der Waals surface area contributed by atoms with Crippen molar-refractivity contribution in [2.45, 2.75) is 19.9 Å². The second-order valence-corrected chi connectivity index (χ2v) is 8.14. The Labute approximate surface area is 195 Å². The molecule has 1 unspecified atom stereocenters. The largest absolute Gasteiger partial charge is 0.507 e. The summed E-state index contributed by atoms with van der Waals surface area (Å²) in [5.74, 6) is -0.991. The van der Waals surface area contributed by atoms with E-state index in [0.717, 1.165) is 11.1 Å². The van der Waals surface area contributed by atoms with Crippen LogP contribution in [0.25, 0.3) is 16.8 Å². The van der Waals surface area contributed by atoms with Crippen LogP contribution < -0.4 is 9.64 Å². The first kappa shape index (κ1) is 21.4. The summed E-state index contributed by atoms with van der Waals surface area (Å²) in [7, 11) is 1.57. The average molecular weight is 454 g/mol. The maximum absolute atomic E-state index is 13.3. The quantitative estimate of drug-likeness (QED) is 0.272. The predicted molar refractivity (Wildman–Crippen MR) is 128 cm³/mol. The Morgan fingerprint density at radius 2 is 1.82 bits per heavy atom. The molecule has 0 saturated carbocycles. The Morgan fingerprint density at radius 1 is 1.06 bits per heavy atom. The third kappa shape index (κ3) is 3.31. The SMILES string of the molecule is COc1cc(C)c(/C(O)=C2\C(=O)C(=O)N(c3nc4ccccc4[nH]3)C2c2ccccn2)cc1C. The number of carbonyl (C=O) groups excluding carboxylic acids is 2. The van der Waals surface area contributed by atoms with Crippen molar-refractivity contribution < 1.29 is 19.4 Å². The van der Waals surface area contributed by atoms with E-state index in [1.807, 2.05) is 38.1 Å². The van der Waals surface area contributed by atoms with E-state index in [0.29, 0.717) is 28.1 Å². The maximum Gasteiger partial charge on any atom is 0.302 e. The fourth-order valence-corrected chi connectivity index (χ4v) is 4.33. The lowest BCUT2D eigenvalue weighted by Gasteiger charge is -2.22. The van der Waals surface area contributed by atoms with Crippen LogP contribution in [-0.4, -0.2) is 38.9 Å². The highest BCUT2D eigenvalue weighted by molar-refractivity contribution is 6.51. The normalized spacial score (nSPS) is 17.5. The van der Waals surface area contributed by atoms with E-state index in [2.05, 4.69) is 15.0 Å². The summed E-state index contributed by atoms with van der Waals surface area (Å²) in [5, 5.41) is 11.4. The summed E-state index contributed by atoms with van der Waals surface area (Å²) in [5.41, 5.74) is 3.71. The second kappa shape index (κ2) is 8.15. The van der Waals surface area contributed by atoms with Crippen LogP contribution in [0.3, 0.4) is 0 Å². The van der Waals surface area contributed by atoms with Gasteiger partial charge in [0.25, 0.3) is 5.78 Å². The van der Waals surface area contributed by atoms with E-state index in [4.69, 9.17) is 4.74 Å². The van der Waals surface area contributed by atoms with Gasteiger partial charge >= 0.3 is 5.91 Å². The molecule has 1 atom stereocenters. The van der Waals surface area contributed by atoms with Gasteiger partial charge in [0, 0.05) is 11.8 Å². The third-order valence-corrected chi connectivity index (χ3v) is 6.01. The van der Waals surface area contributed by atoms with Crippen LogP contribution in [0.4, 0.5) is 5.95 Å². The first-order valence-electron chi connectivity index (χ1n) is 10.7. The van der Waals surface area contributed by atoms with Gasteiger partial charge in [-0.2, -0.15) is 0 Å². The number of aliphatic hydroxyl groups is 1. The molecule has 170 valence electrons. The van der Waals surface area contributed by atoms with Gasteiger partial charge in [0.05, 0.1) is 29.4 Å². The van der Waals surface area contributed by atoms with Crippen LogP contribution in [0.5, 0.6) is 5.75 Å². The summed E-state index contributed by atoms with van der Waals surface area (Å²) in [4.78, 5) is 39.9. The van der Waals surface area contributed by atoms with Gasteiger partial charge in [-0.25, -0.2) is 4.98 Å². The Kier molecular flexibility index (Phi) is 5.13. The van der Waals surface area contributed by atoms with Crippen molar-refractivity contribution in [2.24, 2.45) is 0 Å². The molecule has 1 fully saturated rings. The molecule has 0 aliphatic carbocycles. The maximum atomic E-state index is 13.3. The van der Waals surface area contributed by atoms with Crippen molar-refractivity contribution in [1.82, 2.24) is 15.0 Å². The third-order valence-electron chi connectivity index (χ3n) is 6.01. The van der Waals surface area contributed by atoms with Gasteiger partial charge in [0.1, 0.15) is 17.6 Å². The molecule has 0 bridgehead atoms. The van der Waals surface area contributed by atoms with Gasteiger partial charge in [-0.1, -0.05) is 18.2 Å². The first-order chi connectivity index (χ1) is 16.4. The number of methoxy groups -OCH3 is 1. The van der Waals surface area contributed by atoms with Gasteiger partial charge in [-0.3, -0.25) is 19.5 Å². The molecule has 2 aromatic carbocycles. The van der Waals surface area contributed by atoms with Crippen molar-refractivity contribution in [1.29, 1.82) is 0 Å². The van der Waals surface area contributed by atoms with Gasteiger partial charge in [-0.15, -0.1) is 0 Å². The molecule has 5 rings (SSSR count). The number of amides is 1. The van der Waals surface area contributed by atoms with E-state index in [-0.39, 0.29) is 17.3 Å². The lowest BCUT2D eigenvalue weighted by atomic mass is 9.95. The highest BCUT2D eigenvalue weighted by Crippen LogP contribution is 2.41. The summed E-state index contributed by atoms with van der Waals surface area (Å²) in [6.07, 6.45) is 1.58. The van der Waals surface area contributed by atoms with Crippen molar-refractivity contribution in [3.8, 4) is 5.75 Å². The number of fused-ring (bicyclic) bond motifs is 1. The zero-order chi connectivity index (χ0) is 24.0. The number of aliphatic hydroxyl groups excluding tert-OH is 1. The summed E-state index contributed by atoms with van der Waals surface area (Å²) in [6, 6.07) is 15.1. The van der Waals surface area contributed by atoms with Crippen LogP contribution >= 0.6 is 0 Å². The number of H-pyrrole nitrogens is 1. The molecule has 2 aromatic heterocycles. The fourth-order valence-electron chi connectivity index (χ4n) is 4.33. The predicted octanol–water partition coefficient (Wildman–Crippen LogP) is 4.21. The monoisotopic (exact) mass is 454 g/mol. The number of ketones is 1. The minimum absolute atomic E-state index is 0.0446. The highest BCUT2D eigenvalue weighted by Gasteiger charge is 2.49. The number of ether oxygens (including phenoxy) is 1. The number of aromatic amines is 1. The number of nitrogens with zero attached hydrogens (tertiary/aromatic N) is 3. The molecule has 3 heterocycles. The number of hydrogen-bond acceptors (Lipinski definition) is 6. The summed E-state index contributed by atoms with van der Waals surface area (Å²) >= 11 is 0. The Hall–Kier alpha value is -4.46. The summed E-state index contributed by atoms with van der Waals surface area (Å²) in [6.45, 7) is 3.65. The number of para-hydroxylation sites is 2. The van der Waals surface area contributed by atoms with Crippen LogP contribution in [0.1, 0.15) is 28.4 Å². The number of Topliss-reactive ketones (excluding diaryl/α,β-unsaturated/α-hetero) is 1. The lowest BCUT2D eigenvalue weighted by molar-refractivity contribution is -0.132. The smallest absolute Gasteiger partial charge is 0.302 e. The number of aromatic nitrogens is 3. The molecule has 1 aliphatic rings. The number of anilines is 1. The van der Waals surface area contributed by atoms with Gasteiger partial charge < -0.3 is 14.8 Å². The van der Waals surface area contributed by atoms with E-state index < -0.39 is 17.7 Å². The number of aryl methyl sites for hydroxylation is 2. The van der Waals surface area contributed by atoms with Crippen LogP contribution in [-0.2, 0) is 9.59 Å². The molecular formula is C26H22N4O4. The van der Waals surface area contributed by atoms with E-state index in [1.54, 1.807) is 43.6 Å². The molecular weight excluding hydrogens is 432 g/mol. The molecule has 8 nitrogen and oxygen atoms in total. The number of rotatable bonds is 4. The molecule has 4 aromatic rings. The number of carbonyl (C=O) groups is 2. The average Bonchev–Trinajstić information content (AvgIpc) is 3.39. The molecule has 0 spiro atoms. The van der Waals surface area contributed by atoms with Crippen LogP contribution in [0, 0.1) is 13.8 Å². The highest BCUT2D eigenvalue weighted by atomic mass is 16.5. The van der Waals surface area contributed by atoms with Gasteiger partial charge in [-0.05, 0) is 61.4 Å². The minimum Gasteiger partial charge on any atom is -0.507 e. The number of nitrogens with one attached hydrogen (secondary N) is 1. The van der Waals surface area contributed by atoms with E-state index in [9.17, 15) is 14.7 Å². The summed E-state index contributed by atoms with van der Waals surface area (Å²) < 4.78 is 5.37. The van der Waals surface area contributed by atoms with Gasteiger partial charge in [0.2, 0.25) is 5.95 Å². The van der Waals surface area contributed by atoms with Crippen LogP contribution in [0.2, 0.25) is 0 Å². The minimum atomic E-state index is -0.955.